The van der Waals surface area contributed by atoms with E-state index in [1.807, 2.05) is 42.1 Å². The van der Waals surface area contributed by atoms with E-state index in [9.17, 15) is 13.2 Å². The summed E-state index contributed by atoms with van der Waals surface area (Å²) in [4.78, 5) is 17.9. The Kier molecular flexibility index (Phi) is 6.80. The van der Waals surface area contributed by atoms with Crippen LogP contribution in [0.4, 0.5) is 0 Å². The number of aromatic nitrogens is 2. The molecule has 0 saturated carbocycles. The highest BCUT2D eigenvalue weighted by atomic mass is 32.2. The number of aryl methyl sites for hydroxylation is 1. The molecule has 1 unspecified atom stereocenters. The molecule has 0 aliphatic carbocycles. The van der Waals surface area contributed by atoms with Gasteiger partial charge in [0.1, 0.15) is 17.6 Å². The summed E-state index contributed by atoms with van der Waals surface area (Å²) in [5, 5.41) is 3.14. The maximum atomic E-state index is 13.2. The number of imidazole rings is 1. The Bertz CT molecular complexity index is 1180. The molecule has 9 heteroatoms. The van der Waals surface area contributed by atoms with Crippen LogP contribution in [0.25, 0.3) is 0 Å². The molecule has 1 amide bonds. The van der Waals surface area contributed by atoms with Crippen molar-refractivity contribution in [1.29, 1.82) is 0 Å². The molecule has 2 aromatic carbocycles. The van der Waals surface area contributed by atoms with Gasteiger partial charge in [-0.05, 0) is 42.7 Å². The van der Waals surface area contributed by atoms with Crippen LogP contribution in [0.15, 0.2) is 71.9 Å². The lowest BCUT2D eigenvalue weighted by atomic mass is 9.96. The van der Waals surface area contributed by atoms with Gasteiger partial charge in [-0.25, -0.2) is 13.4 Å². The van der Waals surface area contributed by atoms with Crippen molar-refractivity contribution in [3.05, 3.63) is 78.4 Å². The molecule has 4 rings (SSSR count). The summed E-state index contributed by atoms with van der Waals surface area (Å²) >= 11 is 0. The molecule has 1 atom stereocenters. The first-order valence-electron chi connectivity index (χ1n) is 10.9. The normalized spacial score (nSPS) is 16.3. The van der Waals surface area contributed by atoms with Crippen LogP contribution in [0.3, 0.4) is 0 Å². The van der Waals surface area contributed by atoms with Crippen LogP contribution in [-0.2, 0) is 21.9 Å². The maximum Gasteiger partial charge on any atom is 0.243 e. The van der Waals surface area contributed by atoms with Crippen molar-refractivity contribution in [2.45, 2.75) is 23.8 Å². The Morgan fingerprint density at radius 2 is 1.76 bits per heavy atom. The fourth-order valence-corrected chi connectivity index (χ4v) is 5.60. The van der Waals surface area contributed by atoms with Gasteiger partial charge in [-0.15, -0.1) is 0 Å². The molecule has 3 aromatic rings. The van der Waals surface area contributed by atoms with Crippen molar-refractivity contribution in [2.75, 3.05) is 20.2 Å². The first kappa shape index (κ1) is 23.0. The van der Waals surface area contributed by atoms with Gasteiger partial charge in [0, 0.05) is 38.4 Å². The van der Waals surface area contributed by atoms with Crippen LogP contribution < -0.4 is 10.1 Å². The zero-order valence-electron chi connectivity index (χ0n) is 18.7. The van der Waals surface area contributed by atoms with E-state index >= 15 is 0 Å². The number of carbonyl (C=O) groups excluding carboxylic acids is 1. The topological polar surface area (TPSA) is 93.5 Å². The van der Waals surface area contributed by atoms with Crippen molar-refractivity contribution in [1.82, 2.24) is 19.2 Å². The Labute approximate surface area is 194 Å². The Morgan fingerprint density at radius 3 is 2.33 bits per heavy atom. The van der Waals surface area contributed by atoms with E-state index in [2.05, 4.69) is 10.3 Å². The van der Waals surface area contributed by atoms with Crippen molar-refractivity contribution in [3.8, 4) is 5.75 Å². The van der Waals surface area contributed by atoms with Crippen LogP contribution in [-0.4, -0.2) is 48.4 Å². The number of nitrogens with one attached hydrogen (secondary N) is 1. The quantitative estimate of drug-likeness (QED) is 0.576. The molecule has 1 aliphatic heterocycles. The third-order valence-corrected chi connectivity index (χ3v) is 7.97. The summed E-state index contributed by atoms with van der Waals surface area (Å²) in [5.74, 6) is 1.08. The molecule has 1 aromatic heterocycles. The molecular weight excluding hydrogens is 440 g/mol. The second-order valence-corrected chi connectivity index (χ2v) is 10.0. The second-order valence-electron chi connectivity index (χ2n) is 8.10. The van der Waals surface area contributed by atoms with Crippen molar-refractivity contribution in [3.63, 3.8) is 0 Å². The van der Waals surface area contributed by atoms with E-state index in [4.69, 9.17) is 4.74 Å². The molecule has 1 aliphatic rings. The summed E-state index contributed by atoms with van der Waals surface area (Å²) in [5.41, 5.74) is 0.891. The van der Waals surface area contributed by atoms with E-state index in [0.717, 1.165) is 17.1 Å². The molecule has 33 heavy (non-hydrogen) atoms. The molecular formula is C24H28N4O4S. The van der Waals surface area contributed by atoms with Gasteiger partial charge in [-0.1, -0.05) is 30.3 Å². The number of amides is 1. The van der Waals surface area contributed by atoms with E-state index in [1.54, 1.807) is 43.6 Å². The van der Waals surface area contributed by atoms with E-state index in [1.165, 1.54) is 4.31 Å². The van der Waals surface area contributed by atoms with E-state index < -0.39 is 16.1 Å². The molecule has 174 valence electrons. The monoisotopic (exact) mass is 468 g/mol. The molecule has 0 spiro atoms. The number of rotatable bonds is 7. The Morgan fingerprint density at radius 1 is 1.09 bits per heavy atom. The predicted molar refractivity (Wildman–Crippen MR) is 124 cm³/mol. The molecule has 1 saturated heterocycles. The third-order valence-electron chi connectivity index (χ3n) is 6.06. The number of hydrogen-bond acceptors (Lipinski definition) is 5. The minimum atomic E-state index is -3.55. The zero-order valence-corrected chi connectivity index (χ0v) is 19.5. The lowest BCUT2D eigenvalue weighted by Crippen LogP contribution is -2.44. The van der Waals surface area contributed by atoms with Crippen LogP contribution in [0, 0.1) is 5.92 Å². The van der Waals surface area contributed by atoms with E-state index in [-0.39, 0.29) is 16.7 Å². The van der Waals surface area contributed by atoms with Crippen molar-refractivity contribution >= 4 is 15.9 Å². The largest absolute Gasteiger partial charge is 0.497 e. The van der Waals surface area contributed by atoms with Crippen molar-refractivity contribution in [2.24, 2.45) is 13.0 Å². The van der Waals surface area contributed by atoms with Crippen molar-refractivity contribution < 1.29 is 17.9 Å². The number of ether oxygens (including phenoxy) is 1. The van der Waals surface area contributed by atoms with Gasteiger partial charge in [0.2, 0.25) is 15.9 Å². The first-order chi connectivity index (χ1) is 15.9. The molecule has 1 N–H and O–H groups in total. The SMILES string of the molecule is COc1ccc(C(NC(=O)C2CCN(S(=O)(=O)c3ccccc3)CC2)c2nccn2C)cc1. The molecule has 2 heterocycles. The average Bonchev–Trinajstić information content (AvgIpc) is 3.28. The van der Waals surface area contributed by atoms with Gasteiger partial charge in [-0.2, -0.15) is 4.31 Å². The Hall–Kier alpha value is -3.17. The summed E-state index contributed by atoms with van der Waals surface area (Å²) in [6.07, 6.45) is 4.47. The fourth-order valence-electron chi connectivity index (χ4n) is 4.11. The lowest BCUT2D eigenvalue weighted by Gasteiger charge is -2.31. The van der Waals surface area contributed by atoms with Gasteiger partial charge >= 0.3 is 0 Å². The number of methoxy groups -OCH3 is 1. The standard InChI is InChI=1S/C24H28N4O4S/c1-27-17-14-25-23(27)22(18-8-10-20(32-2)11-9-18)26-24(29)19-12-15-28(16-13-19)33(30,31)21-6-4-3-5-7-21/h3-11,14,17,19,22H,12-13,15-16H2,1-2H3,(H,26,29). The molecule has 1 fully saturated rings. The van der Waals surface area contributed by atoms with Crippen LogP contribution in [0.2, 0.25) is 0 Å². The highest BCUT2D eigenvalue weighted by molar-refractivity contribution is 7.89. The van der Waals surface area contributed by atoms with Gasteiger partial charge < -0.3 is 14.6 Å². The summed E-state index contributed by atoms with van der Waals surface area (Å²) in [6.45, 7) is 0.621. The highest BCUT2D eigenvalue weighted by Crippen LogP contribution is 2.27. The van der Waals surface area contributed by atoms with Gasteiger partial charge in [0.05, 0.1) is 12.0 Å². The minimum Gasteiger partial charge on any atom is -0.497 e. The smallest absolute Gasteiger partial charge is 0.243 e. The maximum absolute atomic E-state index is 13.2. The predicted octanol–water partition coefficient (Wildman–Crippen LogP) is 2.74. The average molecular weight is 469 g/mol. The van der Waals surface area contributed by atoms with Crippen LogP contribution in [0.5, 0.6) is 5.75 Å². The highest BCUT2D eigenvalue weighted by Gasteiger charge is 2.33. The summed E-state index contributed by atoms with van der Waals surface area (Å²) < 4.78 is 34.3. The van der Waals surface area contributed by atoms with Gasteiger partial charge in [0.15, 0.2) is 0 Å². The number of piperidine rings is 1. The summed E-state index contributed by atoms with van der Waals surface area (Å²) in [6, 6.07) is 15.5. The minimum absolute atomic E-state index is 0.101. The number of carbonyl (C=O) groups is 1. The fraction of sp³-hybridized carbons (Fsp3) is 0.333. The second kappa shape index (κ2) is 9.76. The number of hydrogen-bond donors (Lipinski definition) is 1. The Balaban J connectivity index is 1.46. The molecule has 8 nitrogen and oxygen atoms in total. The number of benzene rings is 2. The molecule has 0 radical (unpaired) electrons. The lowest BCUT2D eigenvalue weighted by molar-refractivity contribution is -0.126. The third kappa shape index (κ3) is 4.94. The molecule has 0 bridgehead atoms. The number of nitrogens with zero attached hydrogens (tertiary/aromatic N) is 3. The van der Waals surface area contributed by atoms with E-state index in [0.29, 0.717) is 25.9 Å². The van der Waals surface area contributed by atoms with Crippen LogP contribution >= 0.6 is 0 Å². The summed E-state index contributed by atoms with van der Waals surface area (Å²) in [7, 11) is -0.0531. The van der Waals surface area contributed by atoms with Gasteiger partial charge in [-0.3, -0.25) is 4.79 Å². The first-order valence-corrected chi connectivity index (χ1v) is 12.3. The van der Waals surface area contributed by atoms with Gasteiger partial charge in [0.25, 0.3) is 0 Å². The zero-order chi connectivity index (χ0) is 23.4. The number of sulfonamides is 1. The van der Waals surface area contributed by atoms with Crippen LogP contribution in [0.1, 0.15) is 30.3 Å².